The molecule has 0 spiro atoms. The van der Waals surface area contributed by atoms with Gasteiger partial charge in [0.15, 0.2) is 0 Å². The van der Waals surface area contributed by atoms with E-state index in [0.717, 1.165) is 0 Å². The predicted molar refractivity (Wildman–Crippen MR) is 19.3 cm³/mol. The van der Waals surface area contributed by atoms with Gasteiger partial charge in [-0.25, -0.2) is 0 Å². The number of rotatable bonds is 1. The van der Waals surface area contributed by atoms with Gasteiger partial charge in [-0.3, -0.25) is 0 Å². The Bertz CT molecular complexity index is 46.8. The minimum absolute atomic E-state index is 0. The molecule has 0 saturated carbocycles. The fourth-order valence-electron chi connectivity index (χ4n) is 0. The Hall–Kier alpha value is 1.32. The molecule has 0 aliphatic carbocycles. The summed E-state index contributed by atoms with van der Waals surface area (Å²) in [6.07, 6.45) is 0. The van der Waals surface area contributed by atoms with Crippen LogP contribution in [0.4, 0.5) is 0 Å². The van der Waals surface area contributed by atoms with Crippen LogP contribution in [0.1, 0.15) is 0 Å². The summed E-state index contributed by atoms with van der Waals surface area (Å²) in [5, 5.41) is 0. The summed E-state index contributed by atoms with van der Waals surface area (Å²) < 4.78 is 14.2. The zero-order chi connectivity index (χ0) is 4.28. The number of hydrogen-bond acceptors (Lipinski definition) is 2. The van der Waals surface area contributed by atoms with Crippen LogP contribution in [0.25, 0.3) is 0 Å². The van der Waals surface area contributed by atoms with Crippen molar-refractivity contribution >= 4 is 14.9 Å². The Balaban J connectivity index is 0. The molecule has 0 amide bonds. The van der Waals surface area contributed by atoms with Crippen LogP contribution in [0.15, 0.2) is 0 Å². The molecule has 2 nitrogen and oxygen atoms in total. The molecule has 0 aromatic heterocycles. The molecule has 0 aliphatic heterocycles. The van der Waals surface area contributed by atoms with Crippen LogP contribution in [0.2, 0.25) is 5.71 Å². The van der Waals surface area contributed by atoms with Gasteiger partial charge in [0.25, 0.3) is 0 Å². The van der Waals surface area contributed by atoms with Crippen LogP contribution in [0.3, 0.4) is 0 Å². The molecule has 1 radical (unpaired) electrons. The van der Waals surface area contributed by atoms with Crippen LogP contribution in [-0.4, -0.2) is 22.0 Å². The molecule has 0 aromatic rings. The smallest absolute Gasteiger partial charge is 1.00 e. The molecule has 31 valence electrons. The van der Waals surface area contributed by atoms with Gasteiger partial charge in [-0.15, -0.1) is 0 Å². The van der Waals surface area contributed by atoms with E-state index >= 15 is 0 Å². The molecular weight excluding hydrogens is 154 g/mol. The van der Waals surface area contributed by atoms with Crippen molar-refractivity contribution in [1.82, 2.24) is 0 Å². The van der Waals surface area contributed by atoms with Crippen LogP contribution in [-0.2, 0) is 7.47 Å². The Morgan fingerprint density at radius 3 is 1.83 bits per heavy atom. The molecule has 0 heterocycles. The second-order valence-corrected chi connectivity index (χ2v) is 3.23. The average Bonchev–Trinajstić information content (AvgIpc) is 1.38. The molecule has 1 atom stereocenters. The normalized spacial score (nSPS) is 9.33. The molecule has 0 aliphatic rings. The summed E-state index contributed by atoms with van der Waals surface area (Å²) >= 11 is -1.95. The van der Waals surface area contributed by atoms with Crippen molar-refractivity contribution in [3.8, 4) is 0 Å². The summed E-state index contributed by atoms with van der Waals surface area (Å²) in [6.45, 7) is 0. The van der Waals surface area contributed by atoms with Gasteiger partial charge in [-0.05, 0) is 0 Å². The molecule has 0 bridgehead atoms. The van der Waals surface area contributed by atoms with Gasteiger partial charge in [0.05, 0.1) is 0 Å². The number of hydrogen-bond donors (Lipinski definition) is 0. The summed E-state index contributed by atoms with van der Waals surface area (Å²) in [5.41, 5.74) is 1.59. The SMILES string of the molecule is CO[As](C)=O.[Na+]. The van der Waals surface area contributed by atoms with Crippen molar-refractivity contribution < 1.29 is 37.0 Å². The topological polar surface area (TPSA) is 26.3 Å². The van der Waals surface area contributed by atoms with Gasteiger partial charge in [0.2, 0.25) is 0 Å². The Kier molecular flexibility index (Phi) is 10.9. The van der Waals surface area contributed by atoms with E-state index in [1.807, 2.05) is 0 Å². The minimum atomic E-state index is -1.95. The fourth-order valence-corrected chi connectivity index (χ4v) is 0. The van der Waals surface area contributed by atoms with E-state index in [1.54, 1.807) is 5.71 Å². The van der Waals surface area contributed by atoms with Gasteiger partial charge < -0.3 is 0 Å². The largest absolute Gasteiger partial charge is 1.00 e. The maximum atomic E-state index is 9.82. The average molecular weight is 160 g/mol. The van der Waals surface area contributed by atoms with E-state index in [1.165, 1.54) is 7.11 Å². The van der Waals surface area contributed by atoms with Crippen molar-refractivity contribution in [2.45, 2.75) is 5.71 Å². The first-order valence-corrected chi connectivity index (χ1v) is 4.63. The zero-order valence-electron chi connectivity index (χ0n) is 4.26. The molecule has 6 heavy (non-hydrogen) atoms. The molecule has 0 saturated heterocycles. The Morgan fingerprint density at radius 2 is 1.83 bits per heavy atom. The third kappa shape index (κ3) is 9.01. The van der Waals surface area contributed by atoms with Crippen molar-refractivity contribution in [2.75, 3.05) is 7.11 Å². The first-order chi connectivity index (χ1) is 2.27. The van der Waals surface area contributed by atoms with Gasteiger partial charge in [-0.1, -0.05) is 0 Å². The van der Waals surface area contributed by atoms with E-state index in [-0.39, 0.29) is 29.6 Å². The molecule has 1 unspecified atom stereocenters. The second kappa shape index (κ2) is 6.32. The molecular formula is C2H6AsNaO2+. The maximum Gasteiger partial charge on any atom is 1.00 e. The van der Waals surface area contributed by atoms with Crippen molar-refractivity contribution in [3.05, 3.63) is 0 Å². The Morgan fingerprint density at radius 1 is 1.67 bits per heavy atom. The van der Waals surface area contributed by atoms with Crippen LogP contribution >= 0.6 is 0 Å². The molecule has 0 N–H and O–H groups in total. The van der Waals surface area contributed by atoms with E-state index in [9.17, 15) is 3.74 Å². The van der Waals surface area contributed by atoms with E-state index in [0.29, 0.717) is 0 Å². The fraction of sp³-hybridized carbons (Fsp3) is 1.00. The van der Waals surface area contributed by atoms with Gasteiger partial charge in [-0.2, -0.15) is 0 Å². The Labute approximate surface area is 64.4 Å². The third-order valence-electron chi connectivity index (χ3n) is 0.257. The third-order valence-corrected chi connectivity index (χ3v) is 1.34. The summed E-state index contributed by atoms with van der Waals surface area (Å²) in [6, 6.07) is 0. The molecule has 4 heteroatoms. The standard InChI is InChI=1S/C2H6AsO2.Na/c1-3(4)5-2;/h1-2H3;/q;+1. The molecule has 0 fully saturated rings. The van der Waals surface area contributed by atoms with E-state index in [2.05, 4.69) is 3.73 Å². The molecule has 0 aromatic carbocycles. The van der Waals surface area contributed by atoms with Gasteiger partial charge in [0, 0.05) is 0 Å². The van der Waals surface area contributed by atoms with Crippen LogP contribution in [0, 0.1) is 0 Å². The monoisotopic (exact) mass is 160 g/mol. The zero-order valence-corrected chi connectivity index (χ0v) is 8.14. The quantitative estimate of drug-likeness (QED) is 0.387. The minimum Gasteiger partial charge on any atom is 1.00 e. The van der Waals surface area contributed by atoms with Crippen LogP contribution in [0.5, 0.6) is 0 Å². The van der Waals surface area contributed by atoms with E-state index < -0.39 is 14.9 Å². The summed E-state index contributed by atoms with van der Waals surface area (Å²) in [7, 11) is 1.45. The van der Waals surface area contributed by atoms with Crippen LogP contribution < -0.4 is 29.6 Å². The second-order valence-electron chi connectivity index (χ2n) is 0.622. The van der Waals surface area contributed by atoms with Gasteiger partial charge >= 0.3 is 64.8 Å². The van der Waals surface area contributed by atoms with Crippen molar-refractivity contribution in [3.63, 3.8) is 0 Å². The first kappa shape index (κ1) is 10.3. The predicted octanol–water partition coefficient (Wildman–Crippen LogP) is -2.81. The summed E-state index contributed by atoms with van der Waals surface area (Å²) in [5.74, 6) is 0. The maximum absolute atomic E-state index is 9.82. The summed E-state index contributed by atoms with van der Waals surface area (Å²) in [4.78, 5) is 0. The van der Waals surface area contributed by atoms with Crippen molar-refractivity contribution in [1.29, 1.82) is 0 Å². The van der Waals surface area contributed by atoms with E-state index in [4.69, 9.17) is 0 Å². The van der Waals surface area contributed by atoms with Crippen molar-refractivity contribution in [2.24, 2.45) is 0 Å². The first-order valence-electron chi connectivity index (χ1n) is 1.22. The van der Waals surface area contributed by atoms with Gasteiger partial charge in [0.1, 0.15) is 0 Å². The molecule has 0 rings (SSSR count).